The molecule has 0 saturated carbocycles. The Morgan fingerprint density at radius 2 is 2.13 bits per heavy atom. The van der Waals surface area contributed by atoms with Gasteiger partial charge >= 0.3 is 0 Å². The van der Waals surface area contributed by atoms with Crippen LogP contribution in [-0.4, -0.2) is 52.2 Å². The fourth-order valence-electron chi connectivity index (χ4n) is 2.33. The van der Waals surface area contributed by atoms with Crippen LogP contribution in [0.25, 0.3) is 10.9 Å². The van der Waals surface area contributed by atoms with E-state index in [0.717, 1.165) is 22.9 Å². The summed E-state index contributed by atoms with van der Waals surface area (Å²) in [7, 11) is 1.71. The fourth-order valence-corrected chi connectivity index (χ4v) is 2.33. The molecular formula is C17H25N3O3. The van der Waals surface area contributed by atoms with E-state index in [1.54, 1.807) is 24.4 Å². The number of carbonyl (C=O) groups excluding carboxylic acids is 1. The Morgan fingerprint density at radius 1 is 1.48 bits per heavy atom. The first-order valence-electron chi connectivity index (χ1n) is 7.69. The van der Waals surface area contributed by atoms with Gasteiger partial charge in [0.1, 0.15) is 0 Å². The molecule has 1 unspecified atom stereocenters. The molecule has 3 rings (SSSR count). The van der Waals surface area contributed by atoms with Gasteiger partial charge in [0.15, 0.2) is 0 Å². The fraction of sp³-hybridized carbons (Fsp3) is 0.529. The summed E-state index contributed by atoms with van der Waals surface area (Å²) in [4.78, 5) is 19.3. The van der Waals surface area contributed by atoms with Crippen LogP contribution in [-0.2, 0) is 9.53 Å². The zero-order valence-corrected chi connectivity index (χ0v) is 14.1. The molecule has 6 heteroatoms. The highest BCUT2D eigenvalue weighted by atomic mass is 16.5. The average molecular weight is 319 g/mol. The highest BCUT2D eigenvalue weighted by molar-refractivity contribution is 5.82. The van der Waals surface area contributed by atoms with Crippen molar-refractivity contribution in [1.82, 2.24) is 14.9 Å². The van der Waals surface area contributed by atoms with E-state index in [1.165, 1.54) is 0 Å². The van der Waals surface area contributed by atoms with Crippen LogP contribution in [0.5, 0.6) is 0 Å². The third kappa shape index (κ3) is 4.30. The molecule has 2 N–H and O–H groups in total. The van der Waals surface area contributed by atoms with Gasteiger partial charge in [-0.25, -0.2) is 0 Å². The normalized spacial score (nSPS) is 16.5. The Morgan fingerprint density at radius 3 is 2.70 bits per heavy atom. The molecule has 2 aromatic heterocycles. The van der Waals surface area contributed by atoms with Gasteiger partial charge in [0, 0.05) is 49.5 Å². The second kappa shape index (κ2) is 7.10. The van der Waals surface area contributed by atoms with Gasteiger partial charge in [0.25, 0.3) is 0 Å². The van der Waals surface area contributed by atoms with Crippen molar-refractivity contribution in [1.29, 1.82) is 0 Å². The lowest BCUT2D eigenvalue weighted by Gasteiger charge is -2.39. The first-order chi connectivity index (χ1) is 10.9. The number of hydrogen-bond donors (Lipinski definition) is 2. The highest BCUT2D eigenvalue weighted by Crippen LogP contribution is 2.32. The quantitative estimate of drug-likeness (QED) is 0.849. The molecule has 0 bridgehead atoms. The minimum Gasteiger partial charge on any atom is -0.388 e. The van der Waals surface area contributed by atoms with Crippen molar-refractivity contribution in [3.63, 3.8) is 0 Å². The molecule has 1 fully saturated rings. The van der Waals surface area contributed by atoms with Crippen molar-refractivity contribution in [2.75, 3.05) is 20.2 Å². The highest BCUT2D eigenvalue weighted by Gasteiger charge is 2.33. The molecule has 1 atom stereocenters. The molecule has 0 radical (unpaired) electrons. The Labute approximate surface area is 136 Å². The summed E-state index contributed by atoms with van der Waals surface area (Å²) in [5.74, 6) is 0.132. The van der Waals surface area contributed by atoms with Crippen LogP contribution in [0.15, 0.2) is 24.7 Å². The van der Waals surface area contributed by atoms with E-state index < -0.39 is 6.10 Å². The van der Waals surface area contributed by atoms with Crippen LogP contribution in [0, 0.1) is 5.92 Å². The van der Waals surface area contributed by atoms with Crippen molar-refractivity contribution in [2.45, 2.75) is 32.5 Å². The first kappa shape index (κ1) is 17.4. The van der Waals surface area contributed by atoms with E-state index in [-0.39, 0.29) is 11.5 Å². The number of ether oxygens (including phenoxy) is 1. The number of H-pyrrole nitrogens is 1. The van der Waals surface area contributed by atoms with Gasteiger partial charge in [-0.05, 0) is 26.8 Å². The van der Waals surface area contributed by atoms with Crippen LogP contribution < -0.4 is 0 Å². The summed E-state index contributed by atoms with van der Waals surface area (Å²) in [6.45, 7) is 7.32. The summed E-state index contributed by atoms with van der Waals surface area (Å²) in [6, 6.07) is 1.89. The molecule has 0 aromatic carbocycles. The molecule has 1 amide bonds. The third-order valence-corrected chi connectivity index (χ3v) is 3.98. The molecule has 6 nitrogen and oxygen atoms in total. The van der Waals surface area contributed by atoms with Gasteiger partial charge in [0.05, 0.1) is 23.4 Å². The van der Waals surface area contributed by atoms with Gasteiger partial charge in [-0.1, -0.05) is 0 Å². The van der Waals surface area contributed by atoms with Crippen molar-refractivity contribution in [2.24, 2.45) is 5.92 Å². The monoisotopic (exact) mass is 319 g/mol. The van der Waals surface area contributed by atoms with Crippen molar-refractivity contribution in [3.05, 3.63) is 30.2 Å². The smallest absolute Gasteiger partial charge is 0.209 e. The number of pyridine rings is 1. The SMILES string of the molecule is COC(C)(C)C.O=CN1CC(C(O)c2c[nH]c3cnccc23)C1. The van der Waals surface area contributed by atoms with Crippen molar-refractivity contribution < 1.29 is 14.6 Å². The number of aromatic amines is 1. The molecule has 2 aromatic rings. The number of nitrogens with one attached hydrogen (secondary N) is 1. The van der Waals surface area contributed by atoms with E-state index in [2.05, 4.69) is 9.97 Å². The molecule has 1 aliphatic heterocycles. The summed E-state index contributed by atoms with van der Waals surface area (Å²) >= 11 is 0. The van der Waals surface area contributed by atoms with Crippen LogP contribution in [0.1, 0.15) is 32.4 Å². The van der Waals surface area contributed by atoms with Gasteiger partial charge in [-0.2, -0.15) is 0 Å². The third-order valence-electron chi connectivity index (χ3n) is 3.98. The number of aliphatic hydroxyl groups excluding tert-OH is 1. The molecule has 126 valence electrons. The summed E-state index contributed by atoms with van der Waals surface area (Å²) in [5, 5.41) is 11.3. The predicted molar refractivity (Wildman–Crippen MR) is 88.9 cm³/mol. The molecule has 0 spiro atoms. The average Bonchev–Trinajstić information content (AvgIpc) is 2.90. The zero-order valence-electron chi connectivity index (χ0n) is 14.1. The Hall–Kier alpha value is -1.92. The standard InChI is InChI=1S/C12H13N3O2.C5H12O/c16-7-15-5-8(6-15)12(17)10-3-14-11-4-13-2-1-9(10)11;1-5(2,3)6-4/h1-4,7-8,12,14,17H,5-6H2;1-4H3. The maximum absolute atomic E-state index is 10.5. The van der Waals surface area contributed by atoms with Crippen LogP contribution in [0.4, 0.5) is 0 Å². The number of aromatic nitrogens is 2. The van der Waals surface area contributed by atoms with E-state index in [0.29, 0.717) is 13.1 Å². The Balaban J connectivity index is 0.000000277. The number of amides is 1. The van der Waals surface area contributed by atoms with E-state index >= 15 is 0 Å². The van der Waals surface area contributed by atoms with Crippen LogP contribution in [0.2, 0.25) is 0 Å². The molecule has 0 aliphatic carbocycles. The lowest BCUT2D eigenvalue weighted by Crippen LogP contribution is -2.48. The maximum atomic E-state index is 10.5. The lowest BCUT2D eigenvalue weighted by molar-refractivity contribution is -0.126. The van der Waals surface area contributed by atoms with Crippen LogP contribution >= 0.6 is 0 Å². The van der Waals surface area contributed by atoms with Gasteiger partial charge in [0.2, 0.25) is 6.41 Å². The predicted octanol–water partition coefficient (Wildman–Crippen LogP) is 2.12. The van der Waals surface area contributed by atoms with Crippen molar-refractivity contribution >= 4 is 17.3 Å². The number of hydrogen-bond acceptors (Lipinski definition) is 4. The van der Waals surface area contributed by atoms with E-state index in [4.69, 9.17) is 4.74 Å². The number of likely N-dealkylation sites (tertiary alicyclic amines) is 1. The summed E-state index contributed by atoms with van der Waals surface area (Å²) in [6.07, 6.45) is 5.57. The number of fused-ring (bicyclic) bond motifs is 1. The van der Waals surface area contributed by atoms with Crippen LogP contribution in [0.3, 0.4) is 0 Å². The Kier molecular flexibility index (Phi) is 5.38. The van der Waals surface area contributed by atoms with E-state index in [9.17, 15) is 9.90 Å². The number of aliphatic hydroxyl groups is 1. The number of methoxy groups -OCH3 is 1. The number of carbonyl (C=O) groups is 1. The van der Waals surface area contributed by atoms with Crippen molar-refractivity contribution in [3.8, 4) is 0 Å². The minimum atomic E-state index is -0.526. The minimum absolute atomic E-state index is 0.0417. The second-order valence-electron chi connectivity index (χ2n) is 6.75. The second-order valence-corrected chi connectivity index (χ2v) is 6.75. The molecule has 1 aliphatic rings. The topological polar surface area (TPSA) is 78.5 Å². The molecule has 1 saturated heterocycles. The number of rotatable bonds is 3. The summed E-state index contributed by atoms with van der Waals surface area (Å²) in [5.41, 5.74) is 1.85. The maximum Gasteiger partial charge on any atom is 0.209 e. The first-order valence-corrected chi connectivity index (χ1v) is 7.69. The van der Waals surface area contributed by atoms with Gasteiger partial charge in [-0.3, -0.25) is 9.78 Å². The molecule has 3 heterocycles. The zero-order chi connectivity index (χ0) is 17.0. The lowest BCUT2D eigenvalue weighted by atomic mass is 9.89. The number of nitrogens with zero attached hydrogens (tertiary/aromatic N) is 2. The molecular weight excluding hydrogens is 294 g/mol. The molecule has 23 heavy (non-hydrogen) atoms. The van der Waals surface area contributed by atoms with Gasteiger partial charge in [-0.15, -0.1) is 0 Å². The Bertz CT molecular complexity index is 642. The van der Waals surface area contributed by atoms with E-state index in [1.807, 2.05) is 33.0 Å². The largest absolute Gasteiger partial charge is 0.388 e. The summed E-state index contributed by atoms with van der Waals surface area (Å²) < 4.78 is 4.94. The van der Waals surface area contributed by atoms with Gasteiger partial charge < -0.3 is 19.7 Å².